The Hall–Kier alpha value is -1.69. The molecule has 0 amide bonds. The third kappa shape index (κ3) is 2.11. The highest BCUT2D eigenvalue weighted by molar-refractivity contribution is 5.47. The Morgan fingerprint density at radius 1 is 1.69 bits per heavy atom. The lowest BCUT2D eigenvalue weighted by molar-refractivity contribution is -0.384. The quantitative estimate of drug-likeness (QED) is 0.605. The van der Waals surface area contributed by atoms with E-state index in [1.54, 1.807) is 0 Å². The van der Waals surface area contributed by atoms with Crippen molar-refractivity contribution >= 4 is 11.5 Å². The molecule has 0 spiro atoms. The van der Waals surface area contributed by atoms with Crippen molar-refractivity contribution in [3.63, 3.8) is 0 Å². The minimum absolute atomic E-state index is 0.0532. The number of aliphatic hydroxyl groups is 1. The van der Waals surface area contributed by atoms with E-state index in [0.29, 0.717) is 12.4 Å². The Bertz CT molecular complexity index is 397. The van der Waals surface area contributed by atoms with Crippen LogP contribution in [0.3, 0.4) is 0 Å². The van der Waals surface area contributed by atoms with Crippen LogP contribution in [-0.4, -0.2) is 34.7 Å². The van der Waals surface area contributed by atoms with E-state index in [0.717, 1.165) is 13.0 Å². The van der Waals surface area contributed by atoms with Crippen molar-refractivity contribution < 1.29 is 10.0 Å². The number of nitro groups is 1. The number of pyridine rings is 1. The highest BCUT2D eigenvalue weighted by atomic mass is 16.6. The van der Waals surface area contributed by atoms with Gasteiger partial charge in [-0.05, 0) is 6.42 Å². The molecule has 1 N–H and O–H groups in total. The molecule has 1 unspecified atom stereocenters. The normalized spacial score (nSPS) is 20.1. The van der Waals surface area contributed by atoms with Crippen molar-refractivity contribution in [2.45, 2.75) is 6.42 Å². The number of rotatable bonds is 3. The summed E-state index contributed by atoms with van der Waals surface area (Å²) in [6, 6.07) is 2.85. The fourth-order valence-corrected chi connectivity index (χ4v) is 1.88. The maximum Gasteiger partial charge on any atom is 0.274 e. The molecule has 1 aliphatic heterocycles. The molecule has 86 valence electrons. The van der Waals surface area contributed by atoms with Crippen LogP contribution in [-0.2, 0) is 0 Å². The highest BCUT2D eigenvalue weighted by Crippen LogP contribution is 2.24. The van der Waals surface area contributed by atoms with Gasteiger partial charge in [-0.25, -0.2) is 4.98 Å². The summed E-state index contributed by atoms with van der Waals surface area (Å²) in [6.45, 7) is 1.66. The number of anilines is 1. The first-order valence-corrected chi connectivity index (χ1v) is 5.17. The molecule has 16 heavy (non-hydrogen) atoms. The molecule has 0 radical (unpaired) electrons. The number of hydrogen-bond donors (Lipinski definition) is 1. The van der Waals surface area contributed by atoms with Gasteiger partial charge in [0, 0.05) is 37.9 Å². The summed E-state index contributed by atoms with van der Waals surface area (Å²) >= 11 is 0. The second-order valence-corrected chi connectivity index (χ2v) is 3.91. The van der Waals surface area contributed by atoms with Gasteiger partial charge in [0.1, 0.15) is 5.82 Å². The average Bonchev–Trinajstić information content (AvgIpc) is 2.77. The van der Waals surface area contributed by atoms with Crippen molar-refractivity contribution in [1.82, 2.24) is 4.98 Å². The van der Waals surface area contributed by atoms with Crippen molar-refractivity contribution in [1.29, 1.82) is 0 Å². The van der Waals surface area contributed by atoms with Crippen LogP contribution in [0.5, 0.6) is 0 Å². The fourth-order valence-electron chi connectivity index (χ4n) is 1.88. The summed E-state index contributed by atoms with van der Waals surface area (Å²) in [5.74, 6) is 0.867. The number of aromatic nitrogens is 1. The molecule has 1 saturated heterocycles. The summed E-state index contributed by atoms with van der Waals surface area (Å²) < 4.78 is 0. The van der Waals surface area contributed by atoms with Gasteiger partial charge in [-0.1, -0.05) is 0 Å². The lowest BCUT2D eigenvalue weighted by atomic mass is 10.1. The van der Waals surface area contributed by atoms with E-state index < -0.39 is 4.92 Å². The average molecular weight is 223 g/mol. The summed E-state index contributed by atoms with van der Waals surface area (Å²) in [4.78, 5) is 16.3. The minimum atomic E-state index is -0.426. The smallest absolute Gasteiger partial charge is 0.274 e. The first-order chi connectivity index (χ1) is 7.70. The zero-order valence-corrected chi connectivity index (χ0v) is 8.74. The third-order valence-electron chi connectivity index (χ3n) is 2.81. The van der Waals surface area contributed by atoms with Gasteiger partial charge < -0.3 is 10.0 Å². The fraction of sp³-hybridized carbons (Fsp3) is 0.500. The maximum atomic E-state index is 10.6. The lowest BCUT2D eigenvalue weighted by Crippen LogP contribution is -2.21. The Kier molecular flexibility index (Phi) is 3.00. The van der Waals surface area contributed by atoms with Crippen LogP contribution in [0.25, 0.3) is 0 Å². The van der Waals surface area contributed by atoms with Crippen molar-refractivity contribution in [2.24, 2.45) is 5.92 Å². The van der Waals surface area contributed by atoms with E-state index in [2.05, 4.69) is 4.98 Å². The molecule has 1 aliphatic rings. The summed E-state index contributed by atoms with van der Waals surface area (Å²) in [7, 11) is 0. The Morgan fingerprint density at radius 3 is 3.12 bits per heavy atom. The van der Waals surface area contributed by atoms with Crippen molar-refractivity contribution in [3.8, 4) is 0 Å². The van der Waals surface area contributed by atoms with Gasteiger partial charge in [0.05, 0.1) is 11.0 Å². The molecule has 1 aromatic heterocycles. The molecule has 0 aliphatic carbocycles. The largest absolute Gasteiger partial charge is 0.396 e. The van der Waals surface area contributed by atoms with E-state index in [9.17, 15) is 10.1 Å². The second-order valence-electron chi connectivity index (χ2n) is 3.91. The lowest BCUT2D eigenvalue weighted by Gasteiger charge is -2.16. The van der Waals surface area contributed by atoms with Gasteiger partial charge in [-0.3, -0.25) is 10.1 Å². The second kappa shape index (κ2) is 4.44. The van der Waals surface area contributed by atoms with E-state index >= 15 is 0 Å². The molecule has 0 saturated carbocycles. The summed E-state index contributed by atoms with van der Waals surface area (Å²) in [5.41, 5.74) is 0.0532. The molecule has 0 aromatic carbocycles. The standard InChI is InChI=1S/C10H13N3O3/c14-7-8-2-4-12(6-8)10-5-9(13(15)16)1-3-11-10/h1,3,5,8,14H,2,4,6-7H2. The number of aliphatic hydroxyl groups excluding tert-OH is 1. The van der Waals surface area contributed by atoms with Crippen molar-refractivity contribution in [3.05, 3.63) is 28.4 Å². The van der Waals surface area contributed by atoms with E-state index in [4.69, 9.17) is 5.11 Å². The molecular weight excluding hydrogens is 210 g/mol. The number of hydrogen-bond acceptors (Lipinski definition) is 5. The predicted octanol–water partition coefficient (Wildman–Crippen LogP) is 0.808. The Balaban J connectivity index is 2.15. The van der Waals surface area contributed by atoms with Crippen LogP contribution < -0.4 is 4.90 Å². The molecule has 1 atom stereocenters. The molecule has 2 rings (SSSR count). The van der Waals surface area contributed by atoms with Gasteiger partial charge in [0.15, 0.2) is 0 Å². The van der Waals surface area contributed by atoms with E-state index in [1.165, 1.54) is 18.3 Å². The zero-order valence-electron chi connectivity index (χ0n) is 8.74. The van der Waals surface area contributed by atoms with Crippen LogP contribution in [0.4, 0.5) is 11.5 Å². The molecule has 1 fully saturated rings. The zero-order chi connectivity index (χ0) is 11.5. The van der Waals surface area contributed by atoms with Gasteiger partial charge in [0.25, 0.3) is 5.69 Å². The monoisotopic (exact) mass is 223 g/mol. The first kappa shape index (κ1) is 10.8. The minimum Gasteiger partial charge on any atom is -0.396 e. The molecule has 6 nitrogen and oxygen atoms in total. The van der Waals surface area contributed by atoms with E-state index in [-0.39, 0.29) is 18.2 Å². The van der Waals surface area contributed by atoms with Crippen LogP contribution >= 0.6 is 0 Å². The SMILES string of the molecule is O=[N+]([O-])c1ccnc(N2CCC(CO)C2)c1. The summed E-state index contributed by atoms with van der Waals surface area (Å²) in [6.07, 6.45) is 2.35. The van der Waals surface area contributed by atoms with Crippen LogP contribution in [0, 0.1) is 16.0 Å². The molecule has 1 aromatic rings. The Labute approximate surface area is 92.7 Å². The highest BCUT2D eigenvalue weighted by Gasteiger charge is 2.23. The topological polar surface area (TPSA) is 79.5 Å². The maximum absolute atomic E-state index is 10.6. The van der Waals surface area contributed by atoms with E-state index in [1.807, 2.05) is 4.90 Å². The summed E-state index contributed by atoms with van der Waals surface area (Å²) in [5, 5.41) is 19.6. The molecule has 6 heteroatoms. The predicted molar refractivity (Wildman–Crippen MR) is 58.3 cm³/mol. The van der Waals surface area contributed by atoms with Crippen LogP contribution in [0.15, 0.2) is 18.3 Å². The van der Waals surface area contributed by atoms with Gasteiger partial charge >= 0.3 is 0 Å². The first-order valence-electron chi connectivity index (χ1n) is 5.17. The Morgan fingerprint density at radius 2 is 2.50 bits per heavy atom. The molecular formula is C10H13N3O3. The number of nitrogens with zero attached hydrogens (tertiary/aromatic N) is 3. The van der Waals surface area contributed by atoms with Gasteiger partial charge in [0.2, 0.25) is 0 Å². The van der Waals surface area contributed by atoms with Crippen molar-refractivity contribution in [2.75, 3.05) is 24.6 Å². The van der Waals surface area contributed by atoms with Crippen LogP contribution in [0.2, 0.25) is 0 Å². The van der Waals surface area contributed by atoms with Gasteiger partial charge in [-0.2, -0.15) is 0 Å². The third-order valence-corrected chi connectivity index (χ3v) is 2.81. The molecule has 0 bridgehead atoms. The van der Waals surface area contributed by atoms with Crippen LogP contribution in [0.1, 0.15) is 6.42 Å². The molecule has 2 heterocycles. The van der Waals surface area contributed by atoms with Gasteiger partial charge in [-0.15, -0.1) is 0 Å².